The molecule has 0 aromatic heterocycles. The fraction of sp³-hybridized carbons (Fsp3) is 0.417. The third-order valence-electron chi connectivity index (χ3n) is 3.02. The topological polar surface area (TPSA) is 55.1 Å². The van der Waals surface area contributed by atoms with E-state index in [1.54, 1.807) is 6.07 Å². The second kappa shape index (κ2) is 4.51. The monoisotopic (exact) mass is 222 g/mol. The maximum absolute atomic E-state index is 13.4. The lowest BCUT2D eigenvalue weighted by Crippen LogP contribution is -2.21. The number of carbonyl (C=O) groups is 1. The number of halogens is 1. The summed E-state index contributed by atoms with van der Waals surface area (Å²) in [4.78, 5) is 11.8. The van der Waals surface area contributed by atoms with Crippen LogP contribution in [-0.2, 0) is 4.79 Å². The highest BCUT2D eigenvalue weighted by atomic mass is 19.1. The zero-order valence-electron chi connectivity index (χ0n) is 9.00. The second-order valence-corrected chi connectivity index (χ2v) is 4.17. The van der Waals surface area contributed by atoms with E-state index >= 15 is 0 Å². The predicted octanol–water partition coefficient (Wildman–Crippen LogP) is 2.54. The molecule has 0 aliphatic heterocycles. The van der Waals surface area contributed by atoms with E-state index in [0.717, 1.165) is 25.7 Å². The highest BCUT2D eigenvalue weighted by molar-refractivity contribution is 5.95. The summed E-state index contributed by atoms with van der Waals surface area (Å²) in [6.07, 6.45) is 3.93. The fourth-order valence-corrected chi connectivity index (χ4v) is 2.09. The minimum atomic E-state index is -0.480. The van der Waals surface area contributed by atoms with Crippen LogP contribution in [0.5, 0.6) is 0 Å². The molecule has 0 bridgehead atoms. The summed E-state index contributed by atoms with van der Waals surface area (Å²) in [5, 5.41) is 2.58. The molecule has 0 unspecified atom stereocenters. The highest BCUT2D eigenvalue weighted by Gasteiger charge is 2.23. The molecule has 1 saturated carbocycles. The van der Waals surface area contributed by atoms with Gasteiger partial charge in [0, 0.05) is 5.92 Å². The van der Waals surface area contributed by atoms with Crippen molar-refractivity contribution in [2.75, 3.05) is 11.1 Å². The van der Waals surface area contributed by atoms with Crippen LogP contribution in [0.25, 0.3) is 0 Å². The molecule has 86 valence electrons. The molecule has 4 heteroatoms. The zero-order valence-corrected chi connectivity index (χ0v) is 9.00. The minimum Gasteiger partial charge on any atom is -0.397 e. The SMILES string of the molecule is Nc1cccc(F)c1NC(=O)C1CCCC1. The van der Waals surface area contributed by atoms with E-state index in [4.69, 9.17) is 5.73 Å². The molecule has 0 atom stereocenters. The van der Waals surface area contributed by atoms with Crippen molar-refractivity contribution in [1.82, 2.24) is 0 Å². The molecule has 1 amide bonds. The van der Waals surface area contributed by atoms with Crippen LogP contribution < -0.4 is 11.1 Å². The first kappa shape index (κ1) is 10.9. The van der Waals surface area contributed by atoms with Crippen LogP contribution in [-0.4, -0.2) is 5.91 Å². The summed E-state index contributed by atoms with van der Waals surface area (Å²) >= 11 is 0. The Labute approximate surface area is 93.8 Å². The van der Waals surface area contributed by atoms with Gasteiger partial charge in [-0.2, -0.15) is 0 Å². The average Bonchev–Trinajstić information content (AvgIpc) is 2.76. The van der Waals surface area contributed by atoms with Gasteiger partial charge in [-0.3, -0.25) is 4.79 Å². The Morgan fingerprint density at radius 3 is 2.69 bits per heavy atom. The van der Waals surface area contributed by atoms with Crippen molar-refractivity contribution in [1.29, 1.82) is 0 Å². The number of nitrogens with two attached hydrogens (primary N) is 1. The van der Waals surface area contributed by atoms with Gasteiger partial charge >= 0.3 is 0 Å². The Balaban J connectivity index is 2.11. The molecule has 16 heavy (non-hydrogen) atoms. The number of hydrogen-bond acceptors (Lipinski definition) is 2. The van der Waals surface area contributed by atoms with E-state index < -0.39 is 5.82 Å². The molecular formula is C12H15FN2O. The molecule has 2 rings (SSSR count). The van der Waals surface area contributed by atoms with Gasteiger partial charge in [-0.25, -0.2) is 4.39 Å². The van der Waals surface area contributed by atoms with Crippen LogP contribution in [0.15, 0.2) is 18.2 Å². The lowest BCUT2D eigenvalue weighted by atomic mass is 10.1. The van der Waals surface area contributed by atoms with E-state index in [9.17, 15) is 9.18 Å². The number of hydrogen-bond donors (Lipinski definition) is 2. The van der Waals surface area contributed by atoms with Gasteiger partial charge < -0.3 is 11.1 Å². The van der Waals surface area contributed by atoms with Gasteiger partial charge in [-0.15, -0.1) is 0 Å². The molecule has 1 aliphatic carbocycles. The van der Waals surface area contributed by atoms with Gasteiger partial charge in [0.15, 0.2) is 0 Å². The predicted molar refractivity (Wildman–Crippen MR) is 61.4 cm³/mol. The first-order chi connectivity index (χ1) is 7.68. The van der Waals surface area contributed by atoms with Crippen molar-refractivity contribution in [2.24, 2.45) is 5.92 Å². The lowest BCUT2D eigenvalue weighted by Gasteiger charge is -2.12. The molecule has 0 spiro atoms. The van der Waals surface area contributed by atoms with Crippen LogP contribution in [0.2, 0.25) is 0 Å². The summed E-state index contributed by atoms with van der Waals surface area (Å²) < 4.78 is 13.4. The van der Waals surface area contributed by atoms with E-state index in [1.807, 2.05) is 0 Å². The number of para-hydroxylation sites is 1. The van der Waals surface area contributed by atoms with Crippen molar-refractivity contribution in [3.05, 3.63) is 24.0 Å². The van der Waals surface area contributed by atoms with E-state index in [1.165, 1.54) is 12.1 Å². The van der Waals surface area contributed by atoms with E-state index in [2.05, 4.69) is 5.32 Å². The Morgan fingerprint density at radius 2 is 2.06 bits per heavy atom. The van der Waals surface area contributed by atoms with Crippen molar-refractivity contribution < 1.29 is 9.18 Å². The van der Waals surface area contributed by atoms with Crippen LogP contribution in [0.4, 0.5) is 15.8 Å². The van der Waals surface area contributed by atoms with Crippen molar-refractivity contribution in [3.8, 4) is 0 Å². The fourth-order valence-electron chi connectivity index (χ4n) is 2.09. The smallest absolute Gasteiger partial charge is 0.227 e. The van der Waals surface area contributed by atoms with Gasteiger partial charge in [0.25, 0.3) is 0 Å². The number of benzene rings is 1. The summed E-state index contributed by atoms with van der Waals surface area (Å²) in [6.45, 7) is 0. The summed E-state index contributed by atoms with van der Waals surface area (Å²) in [6, 6.07) is 4.39. The normalized spacial score (nSPS) is 16.3. The molecule has 0 heterocycles. The van der Waals surface area contributed by atoms with Gasteiger partial charge in [-0.05, 0) is 25.0 Å². The quantitative estimate of drug-likeness (QED) is 0.755. The number of carbonyl (C=O) groups excluding carboxylic acids is 1. The number of amides is 1. The Morgan fingerprint density at radius 1 is 1.38 bits per heavy atom. The van der Waals surface area contributed by atoms with E-state index in [0.29, 0.717) is 0 Å². The second-order valence-electron chi connectivity index (χ2n) is 4.17. The van der Waals surface area contributed by atoms with Crippen LogP contribution in [0.1, 0.15) is 25.7 Å². The molecule has 1 aromatic carbocycles. The lowest BCUT2D eigenvalue weighted by molar-refractivity contribution is -0.119. The third kappa shape index (κ3) is 2.15. The third-order valence-corrected chi connectivity index (χ3v) is 3.02. The van der Waals surface area contributed by atoms with Gasteiger partial charge in [-0.1, -0.05) is 18.9 Å². The Kier molecular flexibility index (Phi) is 3.08. The van der Waals surface area contributed by atoms with Crippen LogP contribution >= 0.6 is 0 Å². The Bertz CT molecular complexity index is 380. The number of nitrogens with one attached hydrogen (secondary N) is 1. The van der Waals surface area contributed by atoms with Crippen molar-refractivity contribution in [2.45, 2.75) is 25.7 Å². The molecule has 0 saturated heterocycles. The largest absolute Gasteiger partial charge is 0.397 e. The van der Waals surface area contributed by atoms with Gasteiger partial charge in [0.05, 0.1) is 5.69 Å². The number of anilines is 2. The minimum absolute atomic E-state index is 0.0130. The standard InChI is InChI=1S/C12H15FN2O/c13-9-6-3-7-10(14)11(9)15-12(16)8-4-1-2-5-8/h3,6-8H,1-2,4-5,14H2,(H,15,16). The maximum Gasteiger partial charge on any atom is 0.227 e. The summed E-state index contributed by atoms with van der Waals surface area (Å²) in [5.74, 6) is -0.584. The average molecular weight is 222 g/mol. The molecule has 1 aliphatic rings. The van der Waals surface area contributed by atoms with Crippen LogP contribution in [0, 0.1) is 11.7 Å². The molecule has 1 aromatic rings. The first-order valence-corrected chi connectivity index (χ1v) is 5.53. The molecular weight excluding hydrogens is 207 g/mol. The first-order valence-electron chi connectivity index (χ1n) is 5.53. The number of nitrogen functional groups attached to an aromatic ring is 1. The summed E-state index contributed by atoms with van der Waals surface area (Å²) in [5.41, 5.74) is 5.99. The molecule has 1 fully saturated rings. The Hall–Kier alpha value is -1.58. The highest BCUT2D eigenvalue weighted by Crippen LogP contribution is 2.28. The van der Waals surface area contributed by atoms with Crippen LogP contribution in [0.3, 0.4) is 0 Å². The maximum atomic E-state index is 13.4. The van der Waals surface area contributed by atoms with Crippen molar-refractivity contribution >= 4 is 17.3 Å². The van der Waals surface area contributed by atoms with Gasteiger partial charge in [0.1, 0.15) is 11.5 Å². The van der Waals surface area contributed by atoms with Crippen molar-refractivity contribution in [3.63, 3.8) is 0 Å². The van der Waals surface area contributed by atoms with Gasteiger partial charge in [0.2, 0.25) is 5.91 Å². The van der Waals surface area contributed by atoms with E-state index in [-0.39, 0.29) is 23.2 Å². The summed E-state index contributed by atoms with van der Waals surface area (Å²) in [7, 11) is 0. The molecule has 0 radical (unpaired) electrons. The molecule has 3 N–H and O–H groups in total. The molecule has 3 nitrogen and oxygen atoms in total. The zero-order chi connectivity index (χ0) is 11.5. The number of rotatable bonds is 2.